The molecule has 0 unspecified atom stereocenters. The van der Waals surface area contributed by atoms with Crippen LogP contribution in [-0.4, -0.2) is 58.4 Å². The smallest absolute Gasteiger partial charge is 0.272 e. The molecule has 1 fully saturated rings. The number of rotatable bonds is 2. The van der Waals surface area contributed by atoms with Crippen molar-refractivity contribution in [2.75, 3.05) is 19.6 Å². The summed E-state index contributed by atoms with van der Waals surface area (Å²) < 4.78 is 6.59. The Balaban J connectivity index is 1.67. The van der Waals surface area contributed by atoms with Gasteiger partial charge in [-0.1, -0.05) is 49.4 Å². The van der Waals surface area contributed by atoms with Crippen LogP contribution in [0.3, 0.4) is 0 Å². The van der Waals surface area contributed by atoms with Crippen molar-refractivity contribution in [2.45, 2.75) is 76.9 Å². The van der Waals surface area contributed by atoms with Gasteiger partial charge in [0.2, 0.25) is 0 Å². The van der Waals surface area contributed by atoms with E-state index in [1.54, 1.807) is 12.1 Å². The van der Waals surface area contributed by atoms with Crippen molar-refractivity contribution in [3.63, 3.8) is 0 Å². The van der Waals surface area contributed by atoms with Gasteiger partial charge >= 0.3 is 0 Å². The fraction of sp³-hybridized carbons (Fsp3) is 0.536. The number of pyridine rings is 1. The molecule has 0 N–H and O–H groups in total. The molecule has 0 saturated heterocycles. The average Bonchev–Trinajstić information content (AvgIpc) is 2.88. The predicted molar refractivity (Wildman–Crippen MR) is 138 cm³/mol. The summed E-state index contributed by atoms with van der Waals surface area (Å²) in [5.74, 6) is 0.552. The molecule has 4 rings (SSSR count). The standard InChI is InChI=1S/C28H36ClN3O3/c1-2-31-18-10-4-3-5-11-19-32(28(34)23-17-16-21(29)20-30-23)24-13-7-9-15-26(24)35-25-14-8-6-12-22(25)27(31)33/h6,8,12,14,16-17,20,24,26H,2-5,7,9-11,13,15,18-19H2,1H3/t24-,26+/m1/s1. The Morgan fingerprint density at radius 3 is 2.51 bits per heavy atom. The summed E-state index contributed by atoms with van der Waals surface area (Å²) in [6.07, 6.45) is 10.3. The molecular weight excluding hydrogens is 462 g/mol. The highest BCUT2D eigenvalue weighted by Gasteiger charge is 2.36. The summed E-state index contributed by atoms with van der Waals surface area (Å²) in [4.78, 5) is 35.3. The number of hydrogen-bond donors (Lipinski definition) is 0. The van der Waals surface area contributed by atoms with Crippen molar-refractivity contribution >= 4 is 23.4 Å². The second-order valence-electron chi connectivity index (χ2n) is 9.52. The first-order valence-electron chi connectivity index (χ1n) is 13.1. The molecule has 2 atom stereocenters. The van der Waals surface area contributed by atoms with Crippen LogP contribution >= 0.6 is 11.6 Å². The number of ether oxygens (including phenoxy) is 1. The first-order chi connectivity index (χ1) is 17.1. The van der Waals surface area contributed by atoms with Gasteiger partial charge in [-0.15, -0.1) is 0 Å². The maximum atomic E-state index is 13.6. The number of benzene rings is 1. The third kappa shape index (κ3) is 6.35. The molecule has 1 aliphatic heterocycles. The first kappa shape index (κ1) is 25.5. The number of para-hydroxylation sites is 1. The molecular formula is C28H36ClN3O3. The van der Waals surface area contributed by atoms with E-state index >= 15 is 0 Å². The van der Waals surface area contributed by atoms with Gasteiger partial charge in [0.15, 0.2) is 0 Å². The van der Waals surface area contributed by atoms with Crippen LogP contribution in [0, 0.1) is 0 Å². The second kappa shape index (κ2) is 12.4. The van der Waals surface area contributed by atoms with Gasteiger partial charge in [0.1, 0.15) is 17.5 Å². The molecule has 1 aromatic heterocycles. The fourth-order valence-corrected chi connectivity index (χ4v) is 5.35. The SMILES string of the molecule is CCN1CCCCCCCN(C(=O)c2ccc(Cl)cn2)[C@@H]2CCCC[C@@H]2Oc2ccccc2C1=O. The van der Waals surface area contributed by atoms with Crippen LogP contribution in [0.1, 0.15) is 85.6 Å². The molecule has 7 heteroatoms. The molecule has 2 heterocycles. The first-order valence-corrected chi connectivity index (χ1v) is 13.4. The lowest BCUT2D eigenvalue weighted by atomic mass is 9.90. The van der Waals surface area contributed by atoms with Gasteiger partial charge in [-0.05, 0) is 63.3 Å². The highest BCUT2D eigenvalue weighted by molar-refractivity contribution is 6.30. The molecule has 1 aromatic carbocycles. The van der Waals surface area contributed by atoms with E-state index in [-0.39, 0.29) is 24.0 Å². The highest BCUT2D eigenvalue weighted by Crippen LogP contribution is 2.31. The molecule has 2 amide bonds. The number of amides is 2. The second-order valence-corrected chi connectivity index (χ2v) is 9.95. The number of fused-ring (bicyclic) bond motifs is 2. The normalized spacial score (nSPS) is 22.3. The zero-order chi connectivity index (χ0) is 24.6. The van der Waals surface area contributed by atoms with E-state index in [1.807, 2.05) is 41.0 Å². The van der Waals surface area contributed by atoms with Crippen molar-refractivity contribution in [1.29, 1.82) is 0 Å². The lowest BCUT2D eigenvalue weighted by Crippen LogP contribution is -2.51. The number of aromatic nitrogens is 1. The summed E-state index contributed by atoms with van der Waals surface area (Å²) in [5.41, 5.74) is 1.01. The maximum Gasteiger partial charge on any atom is 0.272 e. The van der Waals surface area contributed by atoms with Gasteiger partial charge in [-0.25, -0.2) is 4.98 Å². The zero-order valence-corrected chi connectivity index (χ0v) is 21.4. The molecule has 188 valence electrons. The Morgan fingerprint density at radius 2 is 1.74 bits per heavy atom. The average molecular weight is 498 g/mol. The minimum absolute atomic E-state index is 0.0172. The molecule has 0 radical (unpaired) electrons. The third-order valence-electron chi connectivity index (χ3n) is 7.17. The molecule has 6 nitrogen and oxygen atoms in total. The van der Waals surface area contributed by atoms with Crippen molar-refractivity contribution in [2.24, 2.45) is 0 Å². The molecule has 2 aromatic rings. The van der Waals surface area contributed by atoms with E-state index in [2.05, 4.69) is 4.98 Å². The van der Waals surface area contributed by atoms with E-state index in [1.165, 1.54) is 6.20 Å². The topological polar surface area (TPSA) is 62.7 Å². The van der Waals surface area contributed by atoms with Crippen LogP contribution in [-0.2, 0) is 0 Å². The molecule has 1 aliphatic carbocycles. The predicted octanol–water partition coefficient (Wildman–Crippen LogP) is 5.99. The largest absolute Gasteiger partial charge is 0.487 e. The Morgan fingerprint density at radius 1 is 1.00 bits per heavy atom. The third-order valence-corrected chi connectivity index (χ3v) is 7.39. The summed E-state index contributed by atoms with van der Waals surface area (Å²) in [6.45, 7) is 4.13. The fourth-order valence-electron chi connectivity index (χ4n) is 5.24. The van der Waals surface area contributed by atoms with Crippen LogP contribution in [0.25, 0.3) is 0 Å². The number of carbonyl (C=O) groups is 2. The molecule has 1 saturated carbocycles. The van der Waals surface area contributed by atoms with Gasteiger partial charge in [0, 0.05) is 25.8 Å². The minimum atomic E-state index is -0.172. The molecule has 0 spiro atoms. The summed E-state index contributed by atoms with van der Waals surface area (Å²) in [7, 11) is 0. The van der Waals surface area contributed by atoms with Crippen LogP contribution in [0.2, 0.25) is 5.02 Å². The van der Waals surface area contributed by atoms with Crippen LogP contribution in [0.4, 0.5) is 0 Å². The number of halogens is 1. The molecule has 0 bridgehead atoms. The Bertz CT molecular complexity index is 997. The van der Waals surface area contributed by atoms with Crippen LogP contribution in [0.15, 0.2) is 42.6 Å². The van der Waals surface area contributed by atoms with Crippen molar-refractivity contribution in [3.8, 4) is 5.75 Å². The van der Waals surface area contributed by atoms with Crippen LogP contribution in [0.5, 0.6) is 5.75 Å². The molecule has 35 heavy (non-hydrogen) atoms. The van der Waals surface area contributed by atoms with Crippen LogP contribution < -0.4 is 4.74 Å². The monoisotopic (exact) mass is 497 g/mol. The van der Waals surface area contributed by atoms with Gasteiger partial charge in [0.25, 0.3) is 11.8 Å². The quantitative estimate of drug-likeness (QED) is 0.511. The van der Waals surface area contributed by atoms with Crippen molar-refractivity contribution in [1.82, 2.24) is 14.8 Å². The van der Waals surface area contributed by atoms with E-state index in [0.29, 0.717) is 35.1 Å². The van der Waals surface area contributed by atoms with Gasteiger partial charge in [-0.3, -0.25) is 9.59 Å². The molecule has 2 aliphatic rings. The minimum Gasteiger partial charge on any atom is -0.487 e. The van der Waals surface area contributed by atoms with E-state index < -0.39 is 0 Å². The van der Waals surface area contributed by atoms with Crippen molar-refractivity contribution < 1.29 is 14.3 Å². The lowest BCUT2D eigenvalue weighted by Gasteiger charge is -2.40. The van der Waals surface area contributed by atoms with E-state index in [9.17, 15) is 9.59 Å². The van der Waals surface area contributed by atoms with Gasteiger partial charge < -0.3 is 14.5 Å². The summed E-state index contributed by atoms with van der Waals surface area (Å²) >= 11 is 6.02. The highest BCUT2D eigenvalue weighted by atomic mass is 35.5. The summed E-state index contributed by atoms with van der Waals surface area (Å²) in [6, 6.07) is 10.9. The number of nitrogens with zero attached hydrogens (tertiary/aromatic N) is 3. The summed E-state index contributed by atoms with van der Waals surface area (Å²) in [5, 5.41) is 0.514. The number of hydrogen-bond acceptors (Lipinski definition) is 4. The van der Waals surface area contributed by atoms with Gasteiger partial charge in [0.05, 0.1) is 16.6 Å². The maximum absolute atomic E-state index is 13.6. The number of carbonyl (C=O) groups excluding carboxylic acids is 2. The van der Waals surface area contributed by atoms with Gasteiger partial charge in [-0.2, -0.15) is 0 Å². The Labute approximate surface area is 213 Å². The van der Waals surface area contributed by atoms with Crippen molar-refractivity contribution in [3.05, 3.63) is 58.9 Å². The van der Waals surface area contributed by atoms with E-state index in [4.69, 9.17) is 16.3 Å². The Kier molecular flexibility index (Phi) is 9.02. The lowest BCUT2D eigenvalue weighted by molar-refractivity contribution is 0.0266. The zero-order valence-electron chi connectivity index (χ0n) is 20.6. The van der Waals surface area contributed by atoms with E-state index in [0.717, 1.165) is 64.3 Å². The Hall–Kier alpha value is -2.60.